The average molecular weight is 948 g/mol. The Morgan fingerprint density at radius 2 is 0.632 bits per heavy atom. The van der Waals surface area contributed by atoms with Gasteiger partial charge in [0.1, 0.15) is 13.2 Å². The average Bonchev–Trinajstić information content (AvgIpc) is 3.34. The van der Waals surface area contributed by atoms with Crippen molar-refractivity contribution in [2.75, 3.05) is 13.2 Å². The van der Waals surface area contributed by atoms with Gasteiger partial charge in [-0.1, -0.05) is 260 Å². The molecular weight excluding hydrogens is 841 g/mol. The van der Waals surface area contributed by atoms with Gasteiger partial charge in [-0.05, 0) is 77.0 Å². The first-order valence-electron chi connectivity index (χ1n) is 28.6. The highest BCUT2D eigenvalue weighted by molar-refractivity contribution is 5.71. The van der Waals surface area contributed by atoms with Gasteiger partial charge >= 0.3 is 17.9 Å². The van der Waals surface area contributed by atoms with Crippen molar-refractivity contribution < 1.29 is 28.6 Å². The molecule has 0 fully saturated rings. The van der Waals surface area contributed by atoms with Crippen LogP contribution in [0.3, 0.4) is 0 Å². The van der Waals surface area contributed by atoms with E-state index in [9.17, 15) is 14.4 Å². The van der Waals surface area contributed by atoms with Crippen LogP contribution >= 0.6 is 0 Å². The summed E-state index contributed by atoms with van der Waals surface area (Å²) in [6.07, 6.45) is 72.8. The van der Waals surface area contributed by atoms with Crippen LogP contribution in [0.15, 0.2) is 85.1 Å². The molecule has 0 aliphatic heterocycles. The number of unbranched alkanes of at least 4 members (excludes halogenated alkanes) is 29. The maximum atomic E-state index is 12.9. The summed E-state index contributed by atoms with van der Waals surface area (Å²) in [5, 5.41) is 0. The van der Waals surface area contributed by atoms with Gasteiger partial charge in [-0.3, -0.25) is 14.4 Å². The van der Waals surface area contributed by atoms with Crippen LogP contribution in [0.5, 0.6) is 0 Å². The van der Waals surface area contributed by atoms with Crippen molar-refractivity contribution in [2.24, 2.45) is 0 Å². The molecule has 0 rings (SSSR count). The van der Waals surface area contributed by atoms with Crippen molar-refractivity contribution in [1.82, 2.24) is 0 Å². The lowest BCUT2D eigenvalue weighted by Crippen LogP contribution is -2.30. The Bertz CT molecular complexity index is 1320. The zero-order valence-electron chi connectivity index (χ0n) is 44.6. The highest BCUT2D eigenvalue weighted by atomic mass is 16.6. The molecule has 0 heterocycles. The normalized spacial score (nSPS) is 12.7. The third kappa shape index (κ3) is 53.5. The predicted octanol–water partition coefficient (Wildman–Crippen LogP) is 19.2. The van der Waals surface area contributed by atoms with Crippen molar-refractivity contribution in [3.8, 4) is 0 Å². The first kappa shape index (κ1) is 64.6. The summed E-state index contributed by atoms with van der Waals surface area (Å²) in [5.74, 6) is -0.930. The van der Waals surface area contributed by atoms with Gasteiger partial charge in [-0.15, -0.1) is 0 Å². The number of carbonyl (C=O) groups is 3. The van der Waals surface area contributed by atoms with E-state index in [4.69, 9.17) is 14.2 Å². The molecular formula is C62H106O6. The zero-order chi connectivity index (χ0) is 49.3. The van der Waals surface area contributed by atoms with Crippen LogP contribution in [-0.4, -0.2) is 37.2 Å². The van der Waals surface area contributed by atoms with Gasteiger partial charge in [-0.2, -0.15) is 0 Å². The standard InChI is InChI=1S/C62H106O6/c1-4-7-10-13-16-19-22-25-28-30-32-34-37-40-43-46-49-52-55-61(64)67-58-59(57-66-60(63)54-51-48-45-42-39-36-27-24-21-18-15-12-9-6-3)68-62(65)56-53-50-47-44-41-38-35-33-31-29-26-23-20-17-14-11-8-5-2/h9,12,16,18-19,21-22,25,27-28,30,32,34,36,59H,4-8,10-11,13-15,17,20,23-24,26,29,31,33,35,37-58H2,1-3H3/b12-9-,19-16-,21-18-,25-22-,30-28-,34-32-,36-27-. The van der Waals surface area contributed by atoms with E-state index in [0.29, 0.717) is 19.3 Å². The molecule has 1 unspecified atom stereocenters. The number of rotatable bonds is 51. The Balaban J connectivity index is 4.44. The molecule has 390 valence electrons. The lowest BCUT2D eigenvalue weighted by atomic mass is 10.0. The Morgan fingerprint density at radius 1 is 0.324 bits per heavy atom. The monoisotopic (exact) mass is 947 g/mol. The van der Waals surface area contributed by atoms with E-state index in [1.54, 1.807) is 0 Å². The largest absolute Gasteiger partial charge is 0.462 e. The van der Waals surface area contributed by atoms with Gasteiger partial charge in [0.2, 0.25) is 0 Å². The molecule has 0 bridgehead atoms. The van der Waals surface area contributed by atoms with Crippen LogP contribution < -0.4 is 0 Å². The van der Waals surface area contributed by atoms with Crippen LogP contribution in [0.25, 0.3) is 0 Å². The molecule has 0 radical (unpaired) electrons. The second kappa shape index (κ2) is 56.2. The summed E-state index contributed by atoms with van der Waals surface area (Å²) < 4.78 is 16.8. The summed E-state index contributed by atoms with van der Waals surface area (Å²) in [6, 6.07) is 0. The van der Waals surface area contributed by atoms with Gasteiger partial charge in [0.25, 0.3) is 0 Å². The molecule has 0 aliphatic rings. The maximum Gasteiger partial charge on any atom is 0.306 e. The quantitative estimate of drug-likeness (QED) is 0.0199. The van der Waals surface area contributed by atoms with Gasteiger partial charge in [0.05, 0.1) is 0 Å². The first-order chi connectivity index (χ1) is 33.5. The third-order valence-electron chi connectivity index (χ3n) is 12.2. The van der Waals surface area contributed by atoms with Crippen molar-refractivity contribution in [3.05, 3.63) is 85.1 Å². The molecule has 0 saturated heterocycles. The Labute approximate surface area is 420 Å². The molecule has 6 nitrogen and oxygen atoms in total. The van der Waals surface area contributed by atoms with E-state index >= 15 is 0 Å². The predicted molar refractivity (Wildman–Crippen MR) is 293 cm³/mol. The van der Waals surface area contributed by atoms with Gasteiger partial charge < -0.3 is 14.2 Å². The van der Waals surface area contributed by atoms with Crippen molar-refractivity contribution in [2.45, 2.75) is 277 Å². The van der Waals surface area contributed by atoms with Crippen LogP contribution in [0.2, 0.25) is 0 Å². The second-order valence-electron chi connectivity index (χ2n) is 18.9. The minimum absolute atomic E-state index is 0.0947. The molecule has 0 aromatic heterocycles. The minimum Gasteiger partial charge on any atom is -0.462 e. The van der Waals surface area contributed by atoms with E-state index in [0.717, 1.165) is 116 Å². The summed E-state index contributed by atoms with van der Waals surface area (Å²) in [6.45, 7) is 6.47. The number of hydrogen-bond acceptors (Lipinski definition) is 6. The summed E-state index contributed by atoms with van der Waals surface area (Å²) >= 11 is 0. The maximum absolute atomic E-state index is 12.9. The fraction of sp³-hybridized carbons (Fsp3) is 0.726. The molecule has 0 N–H and O–H groups in total. The minimum atomic E-state index is -0.795. The first-order valence-corrected chi connectivity index (χ1v) is 28.6. The molecule has 0 saturated carbocycles. The van der Waals surface area contributed by atoms with Gasteiger partial charge in [0, 0.05) is 19.3 Å². The van der Waals surface area contributed by atoms with Gasteiger partial charge in [0.15, 0.2) is 6.10 Å². The molecule has 0 aliphatic carbocycles. The fourth-order valence-corrected chi connectivity index (χ4v) is 7.94. The molecule has 1 atom stereocenters. The molecule has 68 heavy (non-hydrogen) atoms. The third-order valence-corrected chi connectivity index (χ3v) is 12.2. The van der Waals surface area contributed by atoms with Crippen molar-refractivity contribution >= 4 is 17.9 Å². The van der Waals surface area contributed by atoms with Gasteiger partial charge in [-0.25, -0.2) is 0 Å². The van der Waals surface area contributed by atoms with Crippen LogP contribution in [0.1, 0.15) is 271 Å². The van der Waals surface area contributed by atoms with Crippen molar-refractivity contribution in [3.63, 3.8) is 0 Å². The number of hydrogen-bond donors (Lipinski definition) is 0. The van der Waals surface area contributed by atoms with Crippen LogP contribution in [0.4, 0.5) is 0 Å². The van der Waals surface area contributed by atoms with E-state index < -0.39 is 6.10 Å². The number of carbonyl (C=O) groups excluding carboxylic acids is 3. The van der Waals surface area contributed by atoms with Crippen LogP contribution in [0, 0.1) is 0 Å². The zero-order valence-corrected chi connectivity index (χ0v) is 44.6. The second-order valence-corrected chi connectivity index (χ2v) is 18.9. The van der Waals surface area contributed by atoms with E-state index in [1.807, 2.05) is 0 Å². The molecule has 0 spiro atoms. The lowest BCUT2D eigenvalue weighted by Gasteiger charge is -2.18. The van der Waals surface area contributed by atoms with Crippen LogP contribution in [-0.2, 0) is 28.6 Å². The number of ether oxygens (including phenoxy) is 3. The summed E-state index contributed by atoms with van der Waals surface area (Å²) in [7, 11) is 0. The molecule has 0 aromatic rings. The van der Waals surface area contributed by atoms with E-state index in [2.05, 4.69) is 106 Å². The smallest absolute Gasteiger partial charge is 0.306 e. The molecule has 0 amide bonds. The molecule has 0 aromatic carbocycles. The molecule has 6 heteroatoms. The van der Waals surface area contributed by atoms with E-state index in [-0.39, 0.29) is 31.1 Å². The Morgan fingerprint density at radius 3 is 1.06 bits per heavy atom. The summed E-state index contributed by atoms with van der Waals surface area (Å²) in [4.78, 5) is 38.1. The Hall–Kier alpha value is -3.41. The fourth-order valence-electron chi connectivity index (χ4n) is 7.94. The Kier molecular flexibility index (Phi) is 53.4. The lowest BCUT2D eigenvalue weighted by molar-refractivity contribution is -0.167. The van der Waals surface area contributed by atoms with E-state index in [1.165, 1.54) is 116 Å². The highest BCUT2D eigenvalue weighted by Crippen LogP contribution is 2.16. The topological polar surface area (TPSA) is 78.9 Å². The van der Waals surface area contributed by atoms with Crippen molar-refractivity contribution in [1.29, 1.82) is 0 Å². The SMILES string of the molecule is CC/C=C\C/C=C\C/C=C\CCCCCCC(=O)OCC(COC(=O)CCCCCCC\C=C/C=C\C=C/C=C\CCCCC)OC(=O)CCCCCCCCCCCCCCCCCCCC. The number of esters is 3. The summed E-state index contributed by atoms with van der Waals surface area (Å²) in [5.41, 5.74) is 0. The highest BCUT2D eigenvalue weighted by Gasteiger charge is 2.19. The number of allylic oxidation sites excluding steroid dienone is 14.